The van der Waals surface area contributed by atoms with E-state index in [0.717, 1.165) is 37.2 Å². The molecule has 6 heteroatoms. The molecular weight excluding hydrogens is 290 g/mol. The molecule has 1 aromatic carbocycles. The van der Waals surface area contributed by atoms with E-state index >= 15 is 0 Å². The van der Waals surface area contributed by atoms with Crippen LogP contribution in [0, 0.1) is 6.92 Å². The van der Waals surface area contributed by atoms with Crippen molar-refractivity contribution >= 4 is 10.0 Å². The van der Waals surface area contributed by atoms with Gasteiger partial charge in [0.25, 0.3) is 0 Å². The van der Waals surface area contributed by atoms with Crippen LogP contribution in [-0.2, 0) is 14.8 Å². The molecule has 5 nitrogen and oxygen atoms in total. The summed E-state index contributed by atoms with van der Waals surface area (Å²) in [5.41, 5.74) is 0.823. The Morgan fingerprint density at radius 3 is 2.86 bits per heavy atom. The Morgan fingerprint density at radius 1 is 1.43 bits per heavy atom. The summed E-state index contributed by atoms with van der Waals surface area (Å²) in [5.74, 6) is 0.731. The number of ether oxygens (including phenoxy) is 2. The first kappa shape index (κ1) is 16.3. The molecule has 1 fully saturated rings. The van der Waals surface area contributed by atoms with Crippen molar-refractivity contribution in [1.29, 1.82) is 0 Å². The first-order valence-corrected chi connectivity index (χ1v) is 8.86. The highest BCUT2D eigenvalue weighted by molar-refractivity contribution is 7.89. The maximum atomic E-state index is 12.3. The molecule has 0 aromatic heterocycles. The van der Waals surface area contributed by atoms with Crippen LogP contribution >= 0.6 is 0 Å². The van der Waals surface area contributed by atoms with E-state index in [1.165, 1.54) is 0 Å². The number of hydrogen-bond donors (Lipinski definition) is 1. The second-order valence-electron chi connectivity index (χ2n) is 5.26. The number of rotatable bonds is 7. The molecule has 1 unspecified atom stereocenters. The van der Waals surface area contributed by atoms with Gasteiger partial charge in [0.2, 0.25) is 10.0 Å². The van der Waals surface area contributed by atoms with Gasteiger partial charge in [-0.05, 0) is 49.9 Å². The van der Waals surface area contributed by atoms with Crippen molar-refractivity contribution in [1.82, 2.24) is 4.72 Å². The van der Waals surface area contributed by atoms with E-state index in [9.17, 15) is 8.42 Å². The third-order valence-electron chi connectivity index (χ3n) is 3.44. The van der Waals surface area contributed by atoms with Crippen LogP contribution in [-0.4, -0.2) is 34.3 Å². The van der Waals surface area contributed by atoms with Crippen molar-refractivity contribution in [3.05, 3.63) is 23.8 Å². The molecule has 2 rings (SSSR count). The largest absolute Gasteiger partial charge is 0.493 e. The third kappa shape index (κ3) is 4.43. The number of nitrogens with one attached hydrogen (secondary N) is 1. The molecule has 1 heterocycles. The normalized spacial score (nSPS) is 18.9. The standard InChI is InChI=1S/C15H23NO4S/c1-3-8-20-15-7-6-14(10-12(15)2)21(17,18)16-11-13-5-4-9-19-13/h6-7,10,13,16H,3-5,8-9,11H2,1-2H3. The van der Waals surface area contributed by atoms with Crippen LogP contribution < -0.4 is 9.46 Å². The van der Waals surface area contributed by atoms with Crippen LogP contribution in [0.2, 0.25) is 0 Å². The second kappa shape index (κ2) is 7.24. The predicted molar refractivity (Wildman–Crippen MR) is 81.1 cm³/mol. The van der Waals surface area contributed by atoms with Gasteiger partial charge >= 0.3 is 0 Å². The maximum Gasteiger partial charge on any atom is 0.240 e. The summed E-state index contributed by atoms with van der Waals surface area (Å²) in [6, 6.07) is 4.93. The van der Waals surface area contributed by atoms with Gasteiger partial charge < -0.3 is 9.47 Å². The minimum absolute atomic E-state index is 0.00645. The Kier molecular flexibility index (Phi) is 5.61. The van der Waals surface area contributed by atoms with Gasteiger partial charge in [-0.3, -0.25) is 0 Å². The van der Waals surface area contributed by atoms with Crippen molar-refractivity contribution < 1.29 is 17.9 Å². The molecule has 1 atom stereocenters. The van der Waals surface area contributed by atoms with E-state index in [4.69, 9.17) is 9.47 Å². The van der Waals surface area contributed by atoms with Gasteiger partial charge in [0, 0.05) is 13.2 Å². The highest BCUT2D eigenvalue weighted by Crippen LogP contribution is 2.22. The van der Waals surface area contributed by atoms with E-state index in [1.54, 1.807) is 18.2 Å². The number of aryl methyl sites for hydroxylation is 1. The molecule has 0 spiro atoms. The average molecular weight is 313 g/mol. The highest BCUT2D eigenvalue weighted by atomic mass is 32.2. The zero-order valence-corrected chi connectivity index (χ0v) is 13.4. The van der Waals surface area contributed by atoms with E-state index in [2.05, 4.69) is 4.72 Å². The van der Waals surface area contributed by atoms with Gasteiger partial charge in [0.05, 0.1) is 17.6 Å². The third-order valence-corrected chi connectivity index (χ3v) is 4.86. The number of hydrogen-bond acceptors (Lipinski definition) is 4. The Balaban J connectivity index is 2.03. The first-order chi connectivity index (χ1) is 10.0. The Morgan fingerprint density at radius 2 is 2.24 bits per heavy atom. The van der Waals surface area contributed by atoms with Crippen molar-refractivity contribution in [2.75, 3.05) is 19.8 Å². The van der Waals surface area contributed by atoms with Gasteiger partial charge in [-0.2, -0.15) is 0 Å². The second-order valence-corrected chi connectivity index (χ2v) is 7.03. The minimum Gasteiger partial charge on any atom is -0.493 e. The Bertz CT molecular complexity index is 565. The topological polar surface area (TPSA) is 64.6 Å². The fourth-order valence-electron chi connectivity index (χ4n) is 2.25. The van der Waals surface area contributed by atoms with Gasteiger partial charge in [0.15, 0.2) is 0 Å². The number of sulfonamides is 1. The van der Waals surface area contributed by atoms with Gasteiger partial charge in [0.1, 0.15) is 5.75 Å². The molecule has 0 saturated carbocycles. The Labute approximate surface area is 126 Å². The lowest BCUT2D eigenvalue weighted by Gasteiger charge is -2.13. The summed E-state index contributed by atoms with van der Waals surface area (Å²) in [7, 11) is -3.49. The molecule has 1 saturated heterocycles. The zero-order chi connectivity index (χ0) is 15.3. The van der Waals surface area contributed by atoms with Crippen LogP contribution in [0.5, 0.6) is 5.75 Å². The van der Waals surface area contributed by atoms with E-state index in [0.29, 0.717) is 13.2 Å². The highest BCUT2D eigenvalue weighted by Gasteiger charge is 2.20. The lowest BCUT2D eigenvalue weighted by molar-refractivity contribution is 0.114. The van der Waals surface area contributed by atoms with Crippen LogP contribution in [0.1, 0.15) is 31.7 Å². The van der Waals surface area contributed by atoms with Crippen LogP contribution in [0.4, 0.5) is 0 Å². The molecule has 0 radical (unpaired) electrons. The maximum absolute atomic E-state index is 12.3. The van der Waals surface area contributed by atoms with Crippen LogP contribution in [0.25, 0.3) is 0 Å². The van der Waals surface area contributed by atoms with Crippen LogP contribution in [0.3, 0.4) is 0 Å². The molecule has 0 bridgehead atoms. The quantitative estimate of drug-likeness (QED) is 0.838. The smallest absolute Gasteiger partial charge is 0.240 e. The predicted octanol–water partition coefficient (Wildman–Crippen LogP) is 2.24. The van der Waals surface area contributed by atoms with Crippen molar-refractivity contribution in [3.8, 4) is 5.75 Å². The van der Waals surface area contributed by atoms with Gasteiger partial charge in [-0.1, -0.05) is 6.92 Å². The SMILES string of the molecule is CCCOc1ccc(S(=O)(=O)NCC2CCCO2)cc1C. The summed E-state index contributed by atoms with van der Waals surface area (Å²) in [4.78, 5) is 0.266. The minimum atomic E-state index is -3.49. The fraction of sp³-hybridized carbons (Fsp3) is 0.600. The summed E-state index contributed by atoms with van der Waals surface area (Å²) >= 11 is 0. The van der Waals surface area contributed by atoms with Gasteiger partial charge in [-0.15, -0.1) is 0 Å². The Hall–Kier alpha value is -1.11. The molecule has 1 aliphatic rings. The zero-order valence-electron chi connectivity index (χ0n) is 12.6. The molecule has 0 aliphatic carbocycles. The molecule has 0 amide bonds. The summed E-state index contributed by atoms with van der Waals surface area (Å²) in [5, 5.41) is 0. The summed E-state index contributed by atoms with van der Waals surface area (Å²) in [6.07, 6.45) is 2.82. The van der Waals surface area contributed by atoms with Crippen molar-refractivity contribution in [2.24, 2.45) is 0 Å². The average Bonchev–Trinajstić information content (AvgIpc) is 2.97. The van der Waals surface area contributed by atoms with Crippen LogP contribution in [0.15, 0.2) is 23.1 Å². The first-order valence-electron chi connectivity index (χ1n) is 7.37. The van der Waals surface area contributed by atoms with E-state index in [-0.39, 0.29) is 11.0 Å². The molecular formula is C15H23NO4S. The summed E-state index contributed by atoms with van der Waals surface area (Å²) < 4.78 is 38.1. The molecule has 118 valence electrons. The van der Waals surface area contributed by atoms with Gasteiger partial charge in [-0.25, -0.2) is 13.1 Å². The summed E-state index contributed by atoms with van der Waals surface area (Å²) in [6.45, 7) is 5.56. The fourth-order valence-corrected chi connectivity index (χ4v) is 3.41. The molecule has 1 aliphatic heterocycles. The van der Waals surface area contributed by atoms with E-state index in [1.807, 2.05) is 13.8 Å². The van der Waals surface area contributed by atoms with Crippen molar-refractivity contribution in [3.63, 3.8) is 0 Å². The van der Waals surface area contributed by atoms with Crippen molar-refractivity contribution in [2.45, 2.75) is 44.1 Å². The monoisotopic (exact) mass is 313 g/mol. The number of benzene rings is 1. The molecule has 1 aromatic rings. The lowest BCUT2D eigenvalue weighted by atomic mass is 10.2. The lowest BCUT2D eigenvalue weighted by Crippen LogP contribution is -2.31. The molecule has 21 heavy (non-hydrogen) atoms. The van der Waals surface area contributed by atoms with E-state index < -0.39 is 10.0 Å². The molecule has 1 N–H and O–H groups in total.